The Labute approximate surface area is 74.9 Å². The van der Waals surface area contributed by atoms with E-state index in [-0.39, 0.29) is 0 Å². The summed E-state index contributed by atoms with van der Waals surface area (Å²) in [6.45, 7) is 7.82. The molecule has 2 nitrogen and oxygen atoms in total. The minimum Gasteiger partial charge on any atom is -0.377 e. The molecule has 2 saturated heterocycles. The van der Waals surface area contributed by atoms with E-state index in [1.54, 1.807) is 0 Å². The van der Waals surface area contributed by atoms with Crippen molar-refractivity contribution in [2.45, 2.75) is 44.8 Å². The molecule has 2 fully saturated rings. The maximum atomic E-state index is 5.71. The zero-order chi connectivity index (χ0) is 8.60. The van der Waals surface area contributed by atoms with Gasteiger partial charge in [-0.25, -0.2) is 0 Å². The fourth-order valence-corrected chi connectivity index (χ4v) is 2.37. The first kappa shape index (κ1) is 8.52. The molecule has 2 heterocycles. The molecule has 70 valence electrons. The van der Waals surface area contributed by atoms with Crippen molar-refractivity contribution in [2.75, 3.05) is 19.7 Å². The highest BCUT2D eigenvalue weighted by Crippen LogP contribution is 2.40. The van der Waals surface area contributed by atoms with Gasteiger partial charge in [-0.1, -0.05) is 0 Å². The third-order valence-electron chi connectivity index (χ3n) is 3.27. The molecule has 0 unspecified atom stereocenters. The van der Waals surface area contributed by atoms with Crippen LogP contribution < -0.4 is 0 Å². The van der Waals surface area contributed by atoms with E-state index < -0.39 is 0 Å². The zero-order valence-corrected chi connectivity index (χ0v) is 8.18. The lowest BCUT2D eigenvalue weighted by molar-refractivity contribution is -0.0647. The molecular weight excluding hydrogens is 150 g/mol. The van der Waals surface area contributed by atoms with Gasteiger partial charge in [-0.05, 0) is 39.7 Å². The van der Waals surface area contributed by atoms with Gasteiger partial charge in [0.15, 0.2) is 0 Å². The smallest absolute Gasteiger partial charge is 0.0654 e. The monoisotopic (exact) mass is 169 g/mol. The van der Waals surface area contributed by atoms with Gasteiger partial charge in [0.2, 0.25) is 0 Å². The third kappa shape index (κ3) is 1.27. The quantitative estimate of drug-likeness (QED) is 0.637. The molecule has 2 aliphatic rings. The summed E-state index contributed by atoms with van der Waals surface area (Å²) in [6.07, 6.45) is 4.49. The van der Waals surface area contributed by atoms with E-state index in [0.29, 0.717) is 11.6 Å². The number of ether oxygens (including phenoxy) is 1. The summed E-state index contributed by atoms with van der Waals surface area (Å²) in [5, 5.41) is 0. The van der Waals surface area contributed by atoms with Crippen molar-refractivity contribution in [3.63, 3.8) is 0 Å². The van der Waals surface area contributed by atoms with Crippen molar-refractivity contribution in [3.05, 3.63) is 0 Å². The van der Waals surface area contributed by atoms with Crippen LogP contribution in [0.15, 0.2) is 0 Å². The summed E-state index contributed by atoms with van der Waals surface area (Å²) in [6, 6.07) is 0. The summed E-state index contributed by atoms with van der Waals surface area (Å²) in [4.78, 5) is 2.59. The molecule has 0 aromatic rings. The minimum absolute atomic E-state index is 0.391. The maximum Gasteiger partial charge on any atom is 0.0654 e. The third-order valence-corrected chi connectivity index (χ3v) is 3.27. The Morgan fingerprint density at radius 1 is 1.33 bits per heavy atom. The SMILES string of the molecule is CC(C)OC[C@]12CCCN1CC2. The lowest BCUT2D eigenvalue weighted by Crippen LogP contribution is -2.58. The maximum absolute atomic E-state index is 5.71. The topological polar surface area (TPSA) is 12.5 Å². The van der Waals surface area contributed by atoms with Crippen LogP contribution >= 0.6 is 0 Å². The minimum atomic E-state index is 0.391. The zero-order valence-electron chi connectivity index (χ0n) is 8.18. The molecule has 0 aromatic carbocycles. The first-order chi connectivity index (χ1) is 5.73. The molecule has 0 saturated carbocycles. The lowest BCUT2D eigenvalue weighted by Gasteiger charge is -2.48. The predicted molar refractivity (Wildman–Crippen MR) is 49.2 cm³/mol. The van der Waals surface area contributed by atoms with Gasteiger partial charge in [0, 0.05) is 12.1 Å². The molecule has 0 aromatic heterocycles. The van der Waals surface area contributed by atoms with Crippen molar-refractivity contribution in [1.82, 2.24) is 4.90 Å². The highest BCUT2D eigenvalue weighted by molar-refractivity contribution is 5.03. The van der Waals surface area contributed by atoms with Gasteiger partial charge in [0.1, 0.15) is 0 Å². The Kier molecular flexibility index (Phi) is 2.13. The summed E-state index contributed by atoms with van der Waals surface area (Å²) in [5.41, 5.74) is 0.476. The summed E-state index contributed by atoms with van der Waals surface area (Å²) in [7, 11) is 0. The molecule has 0 amide bonds. The standard InChI is InChI=1S/C10H19NO/c1-9(2)12-8-10-4-3-6-11(10)7-5-10/h9H,3-8H2,1-2H3/t10-/m1/s1. The van der Waals surface area contributed by atoms with E-state index in [2.05, 4.69) is 18.7 Å². The van der Waals surface area contributed by atoms with Gasteiger partial charge in [0.25, 0.3) is 0 Å². The Morgan fingerprint density at radius 2 is 2.17 bits per heavy atom. The second kappa shape index (κ2) is 3.00. The van der Waals surface area contributed by atoms with Crippen LogP contribution in [0.2, 0.25) is 0 Å². The van der Waals surface area contributed by atoms with Crippen molar-refractivity contribution >= 4 is 0 Å². The fraction of sp³-hybridized carbons (Fsp3) is 1.00. The van der Waals surface area contributed by atoms with E-state index in [9.17, 15) is 0 Å². The van der Waals surface area contributed by atoms with E-state index in [0.717, 1.165) is 6.61 Å². The van der Waals surface area contributed by atoms with Crippen LogP contribution in [-0.4, -0.2) is 36.2 Å². The van der Waals surface area contributed by atoms with Gasteiger partial charge in [-0.2, -0.15) is 0 Å². The first-order valence-electron chi connectivity index (χ1n) is 5.10. The molecule has 0 N–H and O–H groups in total. The number of hydrogen-bond donors (Lipinski definition) is 0. The average Bonchev–Trinajstić information content (AvgIpc) is 2.25. The molecule has 0 aliphatic carbocycles. The van der Waals surface area contributed by atoms with Crippen LogP contribution in [0.25, 0.3) is 0 Å². The van der Waals surface area contributed by atoms with E-state index in [1.165, 1.54) is 32.4 Å². The predicted octanol–water partition coefficient (Wildman–Crippen LogP) is 1.65. The number of hydrogen-bond acceptors (Lipinski definition) is 2. The van der Waals surface area contributed by atoms with Crippen LogP contribution in [0.3, 0.4) is 0 Å². The Hall–Kier alpha value is -0.0800. The van der Waals surface area contributed by atoms with Crippen LogP contribution in [0.1, 0.15) is 33.1 Å². The lowest BCUT2D eigenvalue weighted by atomic mass is 9.86. The molecule has 2 rings (SSSR count). The average molecular weight is 169 g/mol. The summed E-state index contributed by atoms with van der Waals surface area (Å²) < 4.78 is 5.71. The number of rotatable bonds is 3. The molecule has 0 radical (unpaired) electrons. The fourth-order valence-electron chi connectivity index (χ4n) is 2.37. The highest BCUT2D eigenvalue weighted by atomic mass is 16.5. The number of nitrogens with zero attached hydrogens (tertiary/aromatic N) is 1. The van der Waals surface area contributed by atoms with E-state index in [1.807, 2.05) is 0 Å². The summed E-state index contributed by atoms with van der Waals surface area (Å²) >= 11 is 0. The van der Waals surface area contributed by atoms with Crippen molar-refractivity contribution < 1.29 is 4.74 Å². The van der Waals surface area contributed by atoms with Crippen LogP contribution in [-0.2, 0) is 4.74 Å². The van der Waals surface area contributed by atoms with Crippen LogP contribution in [0.5, 0.6) is 0 Å². The Bertz CT molecular complexity index is 169. The molecule has 12 heavy (non-hydrogen) atoms. The molecule has 0 bridgehead atoms. The Balaban J connectivity index is 1.85. The molecule has 0 spiro atoms. The Morgan fingerprint density at radius 3 is 2.67 bits per heavy atom. The molecule has 1 atom stereocenters. The molecule has 2 aliphatic heterocycles. The van der Waals surface area contributed by atoms with E-state index in [4.69, 9.17) is 4.74 Å². The number of fused-ring (bicyclic) bond motifs is 1. The van der Waals surface area contributed by atoms with Gasteiger partial charge < -0.3 is 4.74 Å². The van der Waals surface area contributed by atoms with Gasteiger partial charge in [-0.15, -0.1) is 0 Å². The highest BCUT2D eigenvalue weighted by Gasteiger charge is 2.47. The van der Waals surface area contributed by atoms with Gasteiger partial charge in [0.05, 0.1) is 12.7 Å². The van der Waals surface area contributed by atoms with Crippen molar-refractivity contribution in [1.29, 1.82) is 0 Å². The largest absolute Gasteiger partial charge is 0.377 e. The summed E-state index contributed by atoms with van der Waals surface area (Å²) in [5.74, 6) is 0. The molecular formula is C10H19NO. The van der Waals surface area contributed by atoms with Gasteiger partial charge in [-0.3, -0.25) is 4.90 Å². The van der Waals surface area contributed by atoms with Crippen molar-refractivity contribution in [3.8, 4) is 0 Å². The molecule has 2 heteroatoms. The van der Waals surface area contributed by atoms with Crippen LogP contribution in [0.4, 0.5) is 0 Å². The van der Waals surface area contributed by atoms with Crippen molar-refractivity contribution in [2.24, 2.45) is 0 Å². The second-order valence-electron chi connectivity index (χ2n) is 4.42. The normalized spacial score (nSPS) is 35.2. The second-order valence-corrected chi connectivity index (χ2v) is 4.42. The van der Waals surface area contributed by atoms with Gasteiger partial charge >= 0.3 is 0 Å². The first-order valence-corrected chi connectivity index (χ1v) is 5.10. The van der Waals surface area contributed by atoms with E-state index >= 15 is 0 Å². The van der Waals surface area contributed by atoms with Crippen LogP contribution in [0, 0.1) is 0 Å².